The van der Waals surface area contributed by atoms with Gasteiger partial charge in [-0.1, -0.05) is 12.1 Å². The number of carbonyl (C=O) groups excluding carboxylic acids is 1. The topological polar surface area (TPSA) is 44.4 Å². The van der Waals surface area contributed by atoms with Gasteiger partial charge in [0.05, 0.1) is 12.2 Å². The van der Waals surface area contributed by atoms with Crippen molar-refractivity contribution in [2.24, 2.45) is 0 Å². The molecule has 0 spiro atoms. The van der Waals surface area contributed by atoms with Crippen LogP contribution in [0.15, 0.2) is 28.7 Å². The molecule has 2 fully saturated rings. The maximum absolute atomic E-state index is 12.0. The molecule has 5 heteroatoms. The molecule has 2 atom stereocenters. The first-order valence-corrected chi connectivity index (χ1v) is 8.53. The molecule has 2 heterocycles. The van der Waals surface area contributed by atoms with Gasteiger partial charge in [0.15, 0.2) is 0 Å². The molecule has 1 aromatic carbocycles. The molecular formula is C16H22BrN3O. The van der Waals surface area contributed by atoms with Crippen molar-refractivity contribution in [2.75, 3.05) is 25.0 Å². The quantitative estimate of drug-likeness (QED) is 0.876. The lowest BCUT2D eigenvalue weighted by Gasteiger charge is -2.35. The molecule has 0 saturated carbocycles. The van der Waals surface area contributed by atoms with Gasteiger partial charge in [0.25, 0.3) is 0 Å². The van der Waals surface area contributed by atoms with Crippen LogP contribution in [0.2, 0.25) is 0 Å². The van der Waals surface area contributed by atoms with E-state index in [4.69, 9.17) is 0 Å². The summed E-state index contributed by atoms with van der Waals surface area (Å²) in [7, 11) is 0. The molecule has 0 aromatic heterocycles. The minimum absolute atomic E-state index is 0.0238. The Kier molecular flexibility index (Phi) is 4.93. The Morgan fingerprint density at radius 3 is 3.00 bits per heavy atom. The molecule has 114 valence electrons. The van der Waals surface area contributed by atoms with Gasteiger partial charge in [-0.25, -0.2) is 0 Å². The molecule has 2 unspecified atom stereocenters. The highest BCUT2D eigenvalue weighted by molar-refractivity contribution is 9.10. The zero-order valence-electron chi connectivity index (χ0n) is 12.1. The molecule has 1 amide bonds. The van der Waals surface area contributed by atoms with Gasteiger partial charge < -0.3 is 15.5 Å². The van der Waals surface area contributed by atoms with E-state index >= 15 is 0 Å². The van der Waals surface area contributed by atoms with E-state index in [1.807, 2.05) is 24.3 Å². The van der Waals surface area contributed by atoms with Crippen molar-refractivity contribution in [1.82, 2.24) is 10.2 Å². The van der Waals surface area contributed by atoms with E-state index in [0.717, 1.165) is 22.6 Å². The Morgan fingerprint density at radius 1 is 1.29 bits per heavy atom. The van der Waals surface area contributed by atoms with Crippen molar-refractivity contribution < 1.29 is 4.79 Å². The summed E-state index contributed by atoms with van der Waals surface area (Å²) in [5.41, 5.74) is 0.829. The van der Waals surface area contributed by atoms with Gasteiger partial charge in [-0.15, -0.1) is 0 Å². The van der Waals surface area contributed by atoms with Crippen LogP contribution in [-0.2, 0) is 4.79 Å². The van der Waals surface area contributed by atoms with E-state index in [0.29, 0.717) is 12.6 Å². The molecular weight excluding hydrogens is 330 g/mol. The number of rotatable bonds is 4. The first-order valence-electron chi connectivity index (χ1n) is 7.74. The number of fused-ring (bicyclic) bond motifs is 1. The zero-order valence-corrected chi connectivity index (χ0v) is 13.7. The number of carbonyl (C=O) groups is 1. The van der Waals surface area contributed by atoms with Crippen LogP contribution in [0.1, 0.15) is 25.7 Å². The van der Waals surface area contributed by atoms with Gasteiger partial charge in [-0.2, -0.15) is 0 Å². The minimum atomic E-state index is 0.0238. The molecule has 0 bridgehead atoms. The highest BCUT2D eigenvalue weighted by Gasteiger charge is 2.31. The highest BCUT2D eigenvalue weighted by atomic mass is 79.9. The summed E-state index contributed by atoms with van der Waals surface area (Å²) in [6, 6.07) is 8.91. The highest BCUT2D eigenvalue weighted by Crippen LogP contribution is 2.26. The predicted molar refractivity (Wildman–Crippen MR) is 88.4 cm³/mol. The number of benzene rings is 1. The van der Waals surface area contributed by atoms with Crippen molar-refractivity contribution in [3.05, 3.63) is 28.7 Å². The Labute approximate surface area is 134 Å². The standard InChI is InChI=1S/C16H22BrN3O/c17-14-5-1-2-6-15(14)19-16(21)11-18-12-7-9-20-8-3-4-13(20)10-12/h1-2,5-6,12-13,18H,3-4,7-11H2,(H,19,21). The second-order valence-electron chi connectivity index (χ2n) is 5.96. The smallest absolute Gasteiger partial charge is 0.238 e. The molecule has 2 aliphatic rings. The summed E-state index contributed by atoms with van der Waals surface area (Å²) in [4.78, 5) is 14.6. The summed E-state index contributed by atoms with van der Waals surface area (Å²) in [5.74, 6) is 0.0238. The number of nitrogens with one attached hydrogen (secondary N) is 2. The van der Waals surface area contributed by atoms with Crippen LogP contribution >= 0.6 is 15.9 Å². The lowest BCUT2D eigenvalue weighted by Crippen LogP contribution is -2.47. The normalized spacial score (nSPS) is 25.6. The Bertz CT molecular complexity index is 508. The number of halogens is 1. The van der Waals surface area contributed by atoms with E-state index in [1.54, 1.807) is 0 Å². The first-order chi connectivity index (χ1) is 10.2. The fraction of sp³-hybridized carbons (Fsp3) is 0.562. The molecule has 2 aliphatic heterocycles. The van der Waals surface area contributed by atoms with Crippen LogP contribution in [0.25, 0.3) is 0 Å². The van der Waals surface area contributed by atoms with Crippen molar-refractivity contribution in [3.63, 3.8) is 0 Å². The lowest BCUT2D eigenvalue weighted by molar-refractivity contribution is -0.115. The molecule has 4 nitrogen and oxygen atoms in total. The van der Waals surface area contributed by atoms with Crippen LogP contribution in [0.4, 0.5) is 5.69 Å². The van der Waals surface area contributed by atoms with Gasteiger partial charge in [0, 0.05) is 16.6 Å². The van der Waals surface area contributed by atoms with E-state index in [1.165, 1.54) is 32.4 Å². The number of piperidine rings is 1. The summed E-state index contributed by atoms with van der Waals surface area (Å²) in [5, 5.41) is 6.36. The Hall–Kier alpha value is -0.910. The summed E-state index contributed by atoms with van der Waals surface area (Å²) < 4.78 is 0.914. The predicted octanol–water partition coefficient (Wildman–Crippen LogP) is 2.60. The largest absolute Gasteiger partial charge is 0.324 e. The van der Waals surface area contributed by atoms with E-state index < -0.39 is 0 Å². The van der Waals surface area contributed by atoms with Crippen LogP contribution in [0, 0.1) is 0 Å². The molecule has 1 aromatic rings. The summed E-state index contributed by atoms with van der Waals surface area (Å²) in [6.07, 6.45) is 4.99. The minimum Gasteiger partial charge on any atom is -0.324 e. The van der Waals surface area contributed by atoms with E-state index in [-0.39, 0.29) is 5.91 Å². The average Bonchev–Trinajstić information content (AvgIpc) is 2.95. The average molecular weight is 352 g/mol. The van der Waals surface area contributed by atoms with Gasteiger partial charge in [0.2, 0.25) is 5.91 Å². The van der Waals surface area contributed by atoms with Crippen molar-refractivity contribution in [2.45, 2.75) is 37.8 Å². The third-order valence-electron chi connectivity index (χ3n) is 4.52. The SMILES string of the molecule is O=C(CNC1CCN2CCCC2C1)Nc1ccccc1Br. The molecule has 3 rings (SSSR count). The fourth-order valence-electron chi connectivity index (χ4n) is 3.40. The lowest BCUT2D eigenvalue weighted by atomic mass is 9.97. The van der Waals surface area contributed by atoms with Crippen LogP contribution in [-0.4, -0.2) is 42.5 Å². The molecule has 0 aliphatic carbocycles. The molecule has 0 radical (unpaired) electrons. The second-order valence-corrected chi connectivity index (χ2v) is 6.82. The Balaban J connectivity index is 1.45. The zero-order chi connectivity index (χ0) is 14.7. The van der Waals surface area contributed by atoms with Crippen LogP contribution in [0.5, 0.6) is 0 Å². The van der Waals surface area contributed by atoms with E-state index in [2.05, 4.69) is 31.5 Å². The maximum atomic E-state index is 12.0. The fourth-order valence-corrected chi connectivity index (χ4v) is 3.79. The maximum Gasteiger partial charge on any atom is 0.238 e. The molecule has 21 heavy (non-hydrogen) atoms. The summed E-state index contributed by atoms with van der Waals surface area (Å²) in [6.45, 7) is 2.83. The number of hydrogen-bond donors (Lipinski definition) is 2. The number of para-hydroxylation sites is 1. The number of hydrogen-bond acceptors (Lipinski definition) is 3. The van der Waals surface area contributed by atoms with Crippen molar-refractivity contribution in [3.8, 4) is 0 Å². The number of anilines is 1. The van der Waals surface area contributed by atoms with Crippen LogP contribution in [0.3, 0.4) is 0 Å². The van der Waals surface area contributed by atoms with Gasteiger partial charge in [-0.3, -0.25) is 4.79 Å². The third kappa shape index (κ3) is 3.84. The third-order valence-corrected chi connectivity index (χ3v) is 5.21. The monoisotopic (exact) mass is 351 g/mol. The van der Waals surface area contributed by atoms with E-state index in [9.17, 15) is 4.79 Å². The second kappa shape index (κ2) is 6.90. The van der Waals surface area contributed by atoms with Crippen molar-refractivity contribution in [1.29, 1.82) is 0 Å². The van der Waals surface area contributed by atoms with Gasteiger partial charge in [0.1, 0.15) is 0 Å². The van der Waals surface area contributed by atoms with Crippen LogP contribution < -0.4 is 10.6 Å². The molecule has 2 saturated heterocycles. The number of amides is 1. The summed E-state index contributed by atoms with van der Waals surface area (Å²) >= 11 is 3.44. The first kappa shape index (κ1) is 15.0. The van der Waals surface area contributed by atoms with Crippen molar-refractivity contribution >= 4 is 27.5 Å². The van der Waals surface area contributed by atoms with Gasteiger partial charge >= 0.3 is 0 Å². The van der Waals surface area contributed by atoms with Gasteiger partial charge in [-0.05, 0) is 66.8 Å². The number of nitrogens with zero attached hydrogens (tertiary/aromatic N) is 1. The molecule has 2 N–H and O–H groups in total. The Morgan fingerprint density at radius 2 is 2.14 bits per heavy atom.